The van der Waals surface area contributed by atoms with E-state index in [4.69, 9.17) is 102 Å². The number of benzene rings is 4. The van der Waals surface area contributed by atoms with Crippen molar-refractivity contribution in [3.8, 4) is 34.0 Å². The number of carbonyl (C=O) groups is 6. The third kappa shape index (κ3) is 38.5. The first-order valence-electron chi connectivity index (χ1n) is 35.2. The molecule has 110 heavy (non-hydrogen) atoms. The summed E-state index contributed by atoms with van der Waals surface area (Å²) in [4.78, 5) is 93.4. The topological polar surface area (TPSA) is 508 Å². The molecule has 602 valence electrons. The highest BCUT2D eigenvalue weighted by Gasteiger charge is 2.20. The minimum atomic E-state index is -1.21. The third-order valence-electron chi connectivity index (χ3n) is 14.7. The molecular weight excluding hydrogens is 1480 g/mol. The number of hydrogen-bond acceptors (Lipinski definition) is 26. The molecule has 2 aromatic heterocycles. The van der Waals surface area contributed by atoms with Gasteiger partial charge in [0.1, 0.15) is 24.7 Å². The highest BCUT2D eigenvalue weighted by molar-refractivity contribution is 6.32. The smallest absolute Gasteiger partial charge is 0.317 e. The van der Waals surface area contributed by atoms with Crippen molar-refractivity contribution in [1.29, 1.82) is 10.8 Å². The zero-order valence-electron chi connectivity index (χ0n) is 61.0. The molecule has 0 aliphatic heterocycles. The fourth-order valence-corrected chi connectivity index (χ4v) is 10.1. The fraction of sp³-hybridized carbons (Fsp3) is 0.486. The molecule has 6 amide bonds. The van der Waals surface area contributed by atoms with Crippen LogP contribution in [0.15, 0.2) is 84.9 Å². The van der Waals surface area contributed by atoms with E-state index < -0.39 is 36.8 Å². The molecule has 40 heteroatoms. The number of nitrogens with zero attached hydrogens (tertiary/aromatic N) is 6. The summed E-state index contributed by atoms with van der Waals surface area (Å²) in [6.07, 6.45) is 0. The van der Waals surface area contributed by atoms with Crippen molar-refractivity contribution >= 4 is 105 Å². The lowest BCUT2D eigenvalue weighted by Gasteiger charge is -2.25. The van der Waals surface area contributed by atoms with Crippen LogP contribution in [0.4, 0.5) is 21.5 Å². The van der Waals surface area contributed by atoms with Crippen molar-refractivity contribution in [3.63, 3.8) is 0 Å². The number of nitrogens with one attached hydrogen (secondary N) is 10. The van der Waals surface area contributed by atoms with Gasteiger partial charge in [0.15, 0.2) is 11.9 Å². The van der Waals surface area contributed by atoms with Crippen LogP contribution in [0.2, 0.25) is 10.0 Å². The standard InChI is InChI=1S/C70H98Cl2N18O20/c71-51-5-11-57-55(43-51)63(85-67(83-57)87-65(73)74)49-1-7-53(8-2-49)109-41-39-107-37-35-105-33-31-103-25-17-81-69(97)79-15-23-101-29-27-99-21-13-77-59(91)45-89(47-61(93)94)19-20-90(48-62(95)96)46-60(92)78-14-22-100-28-30-102-24-16-80-70(98)82-18-26-104-32-34-106-36-38-108-40-42-110-54-9-3-50(4-10-54)64-56-44-52(72)6-12-58(56)84-68(86-64)88-66(75)76/h1-12,43-44H,13-42,45-48H2,(H,77,91)(H,78,92)(H,93,94)(H,95,96)(H2,79,81,97)(H2,80,82,98)(H4,73,74,83,85,87)(H4,75,76,84,86,88). The van der Waals surface area contributed by atoms with Crippen LogP contribution in [-0.4, -0.2) is 312 Å². The van der Waals surface area contributed by atoms with Gasteiger partial charge in [-0.3, -0.25) is 50.4 Å². The molecule has 0 bridgehead atoms. The molecule has 38 nitrogen and oxygen atoms in total. The summed E-state index contributed by atoms with van der Waals surface area (Å²) in [6, 6.07) is 24.5. The normalized spacial score (nSPS) is 11.2. The van der Waals surface area contributed by atoms with Crippen LogP contribution in [0.3, 0.4) is 0 Å². The first-order valence-corrected chi connectivity index (χ1v) is 36.0. The molecule has 0 aliphatic rings. The number of halogens is 2. The third-order valence-corrected chi connectivity index (χ3v) is 15.2. The van der Waals surface area contributed by atoms with Gasteiger partial charge >= 0.3 is 24.0 Å². The Balaban J connectivity index is 0.655. The molecule has 6 rings (SSSR count). The maximum atomic E-state index is 12.7. The molecular formula is C70H98Cl2N18O20. The van der Waals surface area contributed by atoms with Crippen molar-refractivity contribution in [2.75, 3.05) is 235 Å². The maximum absolute atomic E-state index is 12.7. The Hall–Kier alpha value is -9.78. The maximum Gasteiger partial charge on any atom is 0.317 e. The van der Waals surface area contributed by atoms with Crippen LogP contribution >= 0.6 is 23.2 Å². The molecule has 0 atom stereocenters. The number of carboxylic acid groups (broad SMARTS) is 2. The number of carboxylic acids is 2. The van der Waals surface area contributed by atoms with Gasteiger partial charge < -0.3 is 110 Å². The van der Waals surface area contributed by atoms with E-state index in [1.54, 1.807) is 36.4 Å². The highest BCUT2D eigenvalue weighted by atomic mass is 35.5. The second-order valence-electron chi connectivity index (χ2n) is 23.3. The lowest BCUT2D eigenvalue weighted by molar-refractivity contribution is -0.141. The van der Waals surface area contributed by atoms with Crippen molar-refractivity contribution < 1.29 is 95.8 Å². The zero-order chi connectivity index (χ0) is 78.8. The molecule has 0 aliphatic carbocycles. The van der Waals surface area contributed by atoms with Crippen LogP contribution in [-0.2, 0) is 66.5 Å². The van der Waals surface area contributed by atoms with Gasteiger partial charge in [-0.25, -0.2) is 29.5 Å². The average Bonchev–Trinajstić information content (AvgIpc) is 0.792. The Morgan fingerprint density at radius 2 is 0.655 bits per heavy atom. The summed E-state index contributed by atoms with van der Waals surface area (Å²) in [5.41, 5.74) is 15.1. The molecule has 0 saturated heterocycles. The van der Waals surface area contributed by atoms with Gasteiger partial charge in [-0.05, 0) is 84.9 Å². The van der Waals surface area contributed by atoms with Gasteiger partial charge in [-0.1, -0.05) is 23.2 Å². The van der Waals surface area contributed by atoms with Crippen LogP contribution in [0.5, 0.6) is 11.5 Å². The van der Waals surface area contributed by atoms with Crippen LogP contribution in [0.25, 0.3) is 44.3 Å². The number of guanidine groups is 2. The van der Waals surface area contributed by atoms with Gasteiger partial charge in [0, 0.05) is 84.3 Å². The van der Waals surface area contributed by atoms with Gasteiger partial charge in [-0.2, -0.15) is 0 Å². The average molecular weight is 1580 g/mol. The molecule has 0 fully saturated rings. The number of amides is 6. The molecule has 0 saturated carbocycles. The second-order valence-corrected chi connectivity index (χ2v) is 24.2. The highest BCUT2D eigenvalue weighted by Crippen LogP contribution is 2.32. The molecule has 4 aromatic carbocycles. The number of hydrogen-bond donors (Lipinski definition) is 14. The van der Waals surface area contributed by atoms with Crippen molar-refractivity contribution in [2.24, 2.45) is 11.5 Å². The number of carbonyl (C=O) groups excluding carboxylic acids is 4. The molecule has 6 aromatic rings. The Morgan fingerprint density at radius 3 is 0.945 bits per heavy atom. The van der Waals surface area contributed by atoms with E-state index in [0.29, 0.717) is 123 Å². The summed E-state index contributed by atoms with van der Waals surface area (Å²) in [7, 11) is 0. The number of aliphatic carboxylic acids is 2. The molecule has 0 unspecified atom stereocenters. The predicted octanol–water partition coefficient (Wildman–Crippen LogP) is 2.05. The SMILES string of the molecule is N=C(N)Nc1nc(-c2ccc(OCCOCCOCCOCCNC(=O)NCCOCCOCCNC(=O)CN(CCN(CC(=O)O)CC(=O)NCCOCCOCCNC(=O)NCCOCCOCCOCCOc3ccc(-c4nc(NC(=N)N)nc5ccc(Cl)cc45)cc3)CC(=O)O)cc2)c2cc(Cl)ccc2n1. The number of aromatic nitrogens is 4. The summed E-state index contributed by atoms with van der Waals surface area (Å²) < 4.78 is 66.9. The largest absolute Gasteiger partial charge is 0.491 e. The number of rotatable bonds is 59. The minimum Gasteiger partial charge on any atom is -0.491 e. The van der Waals surface area contributed by atoms with Crippen LogP contribution in [0.1, 0.15) is 0 Å². The summed E-state index contributed by atoms with van der Waals surface area (Å²) in [5.74, 6) is -2.29. The lowest BCUT2D eigenvalue weighted by Crippen LogP contribution is -2.47. The van der Waals surface area contributed by atoms with Crippen LogP contribution < -0.4 is 63.5 Å². The summed E-state index contributed by atoms with van der Waals surface area (Å²) in [6.45, 7) is 5.82. The van der Waals surface area contributed by atoms with Crippen LogP contribution in [0, 0.1) is 10.8 Å². The van der Waals surface area contributed by atoms with E-state index in [-0.39, 0.29) is 167 Å². The molecule has 0 spiro atoms. The fourth-order valence-electron chi connectivity index (χ4n) is 9.79. The van der Waals surface area contributed by atoms with Gasteiger partial charge in [0.05, 0.1) is 181 Å². The Kier molecular flexibility index (Phi) is 43.0. The Bertz CT molecular complexity index is 3550. The van der Waals surface area contributed by atoms with Gasteiger partial charge in [0.25, 0.3) is 0 Å². The van der Waals surface area contributed by atoms with E-state index in [9.17, 15) is 39.0 Å². The number of anilines is 2. The number of nitrogens with two attached hydrogens (primary N) is 2. The summed E-state index contributed by atoms with van der Waals surface area (Å²) >= 11 is 12.5. The Morgan fingerprint density at radius 1 is 0.373 bits per heavy atom. The minimum absolute atomic E-state index is 0.0346. The van der Waals surface area contributed by atoms with E-state index in [1.165, 1.54) is 9.80 Å². The lowest BCUT2D eigenvalue weighted by atomic mass is 10.1. The van der Waals surface area contributed by atoms with E-state index in [0.717, 1.165) is 21.9 Å². The van der Waals surface area contributed by atoms with Gasteiger partial charge in [-0.15, -0.1) is 0 Å². The summed E-state index contributed by atoms with van der Waals surface area (Å²) in [5, 5.41) is 57.9. The van der Waals surface area contributed by atoms with E-state index >= 15 is 0 Å². The van der Waals surface area contributed by atoms with Crippen molar-refractivity contribution in [3.05, 3.63) is 95.0 Å². The zero-order valence-corrected chi connectivity index (χ0v) is 62.5. The van der Waals surface area contributed by atoms with Gasteiger partial charge in [0.2, 0.25) is 23.7 Å². The molecule has 16 N–H and O–H groups in total. The first kappa shape index (κ1) is 89.1. The Labute approximate surface area is 645 Å². The molecule has 2 heterocycles. The monoisotopic (exact) mass is 1580 g/mol. The number of urea groups is 2. The number of ether oxygens (including phenoxy) is 12. The second kappa shape index (κ2) is 53.1. The predicted molar refractivity (Wildman–Crippen MR) is 407 cm³/mol. The quantitative estimate of drug-likeness (QED) is 0.0148. The van der Waals surface area contributed by atoms with Crippen molar-refractivity contribution in [1.82, 2.24) is 61.6 Å². The van der Waals surface area contributed by atoms with Crippen molar-refractivity contribution in [2.45, 2.75) is 0 Å². The molecule has 0 radical (unpaired) electrons. The van der Waals surface area contributed by atoms with E-state index in [2.05, 4.69) is 62.5 Å². The first-order chi connectivity index (χ1) is 53.4. The van der Waals surface area contributed by atoms with E-state index in [1.807, 2.05) is 48.5 Å². The number of fused-ring (bicyclic) bond motifs is 2.